The molecule has 2 aliphatic rings. The summed E-state index contributed by atoms with van der Waals surface area (Å²) in [5.74, 6) is -2.25. The summed E-state index contributed by atoms with van der Waals surface area (Å²) in [6, 6.07) is 6.85. The van der Waals surface area contributed by atoms with E-state index >= 15 is 0 Å². The fourth-order valence-electron chi connectivity index (χ4n) is 3.31. The molecule has 1 fully saturated rings. The Morgan fingerprint density at radius 2 is 1.90 bits per heavy atom. The molecule has 0 heterocycles. The van der Waals surface area contributed by atoms with Crippen LogP contribution in [0.2, 0.25) is 5.02 Å². The summed E-state index contributed by atoms with van der Waals surface area (Å²) in [6.07, 6.45) is 4.64. The zero-order valence-corrected chi connectivity index (χ0v) is 11.4. The number of anilines is 1. The van der Waals surface area contributed by atoms with E-state index in [1.165, 1.54) is 0 Å². The Morgan fingerprint density at radius 1 is 1.20 bits per heavy atom. The predicted molar refractivity (Wildman–Crippen MR) is 75.4 cm³/mol. The van der Waals surface area contributed by atoms with Crippen LogP contribution in [0.5, 0.6) is 0 Å². The van der Waals surface area contributed by atoms with Gasteiger partial charge in [0.25, 0.3) is 0 Å². The van der Waals surface area contributed by atoms with Crippen LogP contribution in [0.1, 0.15) is 6.42 Å². The van der Waals surface area contributed by atoms with Gasteiger partial charge in [0.2, 0.25) is 5.91 Å². The molecule has 2 bridgehead atoms. The van der Waals surface area contributed by atoms with Crippen molar-refractivity contribution in [2.24, 2.45) is 23.7 Å². The Balaban J connectivity index is 1.80. The molecular weight excluding hydrogens is 278 g/mol. The number of carboxylic acids is 1. The number of fused-ring (bicyclic) bond motifs is 2. The van der Waals surface area contributed by atoms with Crippen molar-refractivity contribution >= 4 is 29.2 Å². The van der Waals surface area contributed by atoms with Crippen LogP contribution < -0.4 is 5.32 Å². The summed E-state index contributed by atoms with van der Waals surface area (Å²) in [7, 11) is 0. The highest BCUT2D eigenvalue weighted by molar-refractivity contribution is 6.30. The van der Waals surface area contributed by atoms with Crippen LogP contribution in [0.15, 0.2) is 36.4 Å². The van der Waals surface area contributed by atoms with Crippen molar-refractivity contribution in [1.82, 2.24) is 0 Å². The van der Waals surface area contributed by atoms with Crippen molar-refractivity contribution in [3.8, 4) is 0 Å². The third kappa shape index (κ3) is 2.20. The SMILES string of the molecule is O=C(Nc1cccc(Cl)c1)[C@@H]1C2C=CC(C2)[C@@H]1C(=O)O. The summed E-state index contributed by atoms with van der Waals surface area (Å²) in [5.41, 5.74) is 0.596. The number of amides is 1. The number of carboxylic acid groups (broad SMARTS) is 1. The first-order valence-electron chi connectivity index (χ1n) is 6.54. The summed E-state index contributed by atoms with van der Waals surface area (Å²) < 4.78 is 0. The van der Waals surface area contributed by atoms with Gasteiger partial charge < -0.3 is 10.4 Å². The van der Waals surface area contributed by atoms with Crippen LogP contribution in [0.25, 0.3) is 0 Å². The molecule has 1 saturated carbocycles. The quantitative estimate of drug-likeness (QED) is 0.842. The van der Waals surface area contributed by atoms with E-state index in [0.29, 0.717) is 10.7 Å². The van der Waals surface area contributed by atoms with Crippen LogP contribution in [0.4, 0.5) is 5.69 Å². The number of hydrogen-bond donors (Lipinski definition) is 2. The van der Waals surface area contributed by atoms with E-state index in [2.05, 4.69) is 5.32 Å². The average Bonchev–Trinajstić information content (AvgIpc) is 2.98. The van der Waals surface area contributed by atoms with Gasteiger partial charge in [0, 0.05) is 10.7 Å². The minimum atomic E-state index is -0.895. The Labute approximate surface area is 121 Å². The van der Waals surface area contributed by atoms with Gasteiger partial charge in [-0.1, -0.05) is 29.8 Å². The van der Waals surface area contributed by atoms with Crippen LogP contribution in [0.3, 0.4) is 0 Å². The molecule has 104 valence electrons. The largest absolute Gasteiger partial charge is 0.481 e. The van der Waals surface area contributed by atoms with Gasteiger partial charge in [-0.3, -0.25) is 9.59 Å². The molecular formula is C15H14ClNO3. The lowest BCUT2D eigenvalue weighted by Gasteiger charge is -2.23. The normalized spacial score (nSPS) is 30.4. The molecule has 1 aromatic carbocycles. The molecule has 0 saturated heterocycles. The Bertz CT molecular complexity index is 599. The fraction of sp³-hybridized carbons (Fsp3) is 0.333. The number of benzene rings is 1. The Kier molecular flexibility index (Phi) is 3.26. The molecule has 4 atom stereocenters. The first-order chi connectivity index (χ1) is 9.56. The Hall–Kier alpha value is -1.81. The molecule has 1 amide bonds. The average molecular weight is 292 g/mol. The molecule has 0 aromatic heterocycles. The van der Waals surface area contributed by atoms with Gasteiger partial charge in [-0.25, -0.2) is 0 Å². The lowest BCUT2D eigenvalue weighted by molar-refractivity contribution is -0.146. The van der Waals surface area contributed by atoms with Crippen LogP contribution in [0, 0.1) is 23.7 Å². The minimum Gasteiger partial charge on any atom is -0.481 e. The molecule has 2 aliphatic carbocycles. The summed E-state index contributed by atoms with van der Waals surface area (Å²) in [5, 5.41) is 12.6. The van der Waals surface area contributed by atoms with E-state index in [1.54, 1.807) is 24.3 Å². The van der Waals surface area contributed by atoms with Crippen molar-refractivity contribution in [2.75, 3.05) is 5.32 Å². The number of hydrogen-bond acceptors (Lipinski definition) is 2. The molecule has 0 radical (unpaired) electrons. The van der Waals surface area contributed by atoms with Crippen LogP contribution >= 0.6 is 11.6 Å². The summed E-state index contributed by atoms with van der Waals surface area (Å²) in [6.45, 7) is 0. The second-order valence-corrected chi connectivity index (χ2v) is 5.77. The first kappa shape index (κ1) is 13.2. The van der Waals surface area contributed by atoms with Gasteiger partial charge in [-0.05, 0) is 36.5 Å². The highest BCUT2D eigenvalue weighted by atomic mass is 35.5. The zero-order chi connectivity index (χ0) is 14.3. The number of allylic oxidation sites excluding steroid dienone is 2. The molecule has 1 aromatic rings. The number of aliphatic carboxylic acids is 1. The topological polar surface area (TPSA) is 66.4 Å². The molecule has 0 aliphatic heterocycles. The van der Waals surface area contributed by atoms with E-state index < -0.39 is 17.8 Å². The van der Waals surface area contributed by atoms with Gasteiger partial charge in [-0.15, -0.1) is 0 Å². The highest BCUT2D eigenvalue weighted by Crippen LogP contribution is 2.48. The van der Waals surface area contributed by atoms with Crippen molar-refractivity contribution < 1.29 is 14.7 Å². The fourth-order valence-corrected chi connectivity index (χ4v) is 3.50. The third-order valence-corrected chi connectivity index (χ3v) is 4.37. The maximum Gasteiger partial charge on any atom is 0.307 e. The van der Waals surface area contributed by atoms with Gasteiger partial charge in [0.15, 0.2) is 0 Å². The predicted octanol–water partition coefficient (Wildman–Crippen LogP) is 2.80. The number of halogens is 1. The maximum absolute atomic E-state index is 12.4. The molecule has 2 N–H and O–H groups in total. The van der Waals surface area contributed by atoms with Crippen molar-refractivity contribution in [3.63, 3.8) is 0 Å². The van der Waals surface area contributed by atoms with Gasteiger partial charge >= 0.3 is 5.97 Å². The minimum absolute atomic E-state index is 0.0207. The van der Waals surface area contributed by atoms with Crippen LogP contribution in [-0.2, 0) is 9.59 Å². The van der Waals surface area contributed by atoms with E-state index in [0.717, 1.165) is 6.42 Å². The van der Waals surface area contributed by atoms with E-state index in [4.69, 9.17) is 11.6 Å². The lowest BCUT2D eigenvalue weighted by atomic mass is 9.82. The molecule has 3 rings (SSSR count). The van der Waals surface area contributed by atoms with Gasteiger partial charge in [0.05, 0.1) is 11.8 Å². The third-order valence-electron chi connectivity index (χ3n) is 4.14. The lowest BCUT2D eigenvalue weighted by Crippen LogP contribution is -2.36. The zero-order valence-electron chi connectivity index (χ0n) is 10.6. The maximum atomic E-state index is 12.4. The smallest absolute Gasteiger partial charge is 0.307 e. The second-order valence-electron chi connectivity index (χ2n) is 5.34. The first-order valence-corrected chi connectivity index (χ1v) is 6.91. The highest BCUT2D eigenvalue weighted by Gasteiger charge is 2.51. The Morgan fingerprint density at radius 3 is 2.55 bits per heavy atom. The molecule has 5 heteroatoms. The monoisotopic (exact) mass is 291 g/mol. The summed E-state index contributed by atoms with van der Waals surface area (Å²) in [4.78, 5) is 23.8. The number of carbonyl (C=O) groups is 2. The standard InChI is InChI=1S/C15H14ClNO3/c16-10-2-1-3-11(7-10)17-14(18)12-8-4-5-9(6-8)13(12)15(19)20/h1-5,7-9,12-13H,6H2,(H,17,18)(H,19,20)/t8?,9?,12-,13+/m1/s1. The van der Waals surface area contributed by atoms with Crippen molar-refractivity contribution in [1.29, 1.82) is 0 Å². The van der Waals surface area contributed by atoms with E-state index in [1.807, 2.05) is 12.2 Å². The number of carbonyl (C=O) groups excluding carboxylic acids is 1. The molecule has 4 nitrogen and oxygen atoms in total. The van der Waals surface area contributed by atoms with Gasteiger partial charge in [0.1, 0.15) is 0 Å². The molecule has 20 heavy (non-hydrogen) atoms. The number of rotatable bonds is 3. The second kappa shape index (κ2) is 4.94. The molecule has 0 spiro atoms. The van der Waals surface area contributed by atoms with E-state index in [-0.39, 0.29) is 17.7 Å². The van der Waals surface area contributed by atoms with E-state index in [9.17, 15) is 14.7 Å². The molecule has 2 unspecified atom stereocenters. The number of nitrogens with one attached hydrogen (secondary N) is 1. The van der Waals surface area contributed by atoms with Crippen molar-refractivity contribution in [3.05, 3.63) is 41.4 Å². The summed E-state index contributed by atoms with van der Waals surface area (Å²) >= 11 is 5.87. The van der Waals surface area contributed by atoms with Crippen molar-refractivity contribution in [2.45, 2.75) is 6.42 Å². The van der Waals surface area contributed by atoms with Gasteiger partial charge in [-0.2, -0.15) is 0 Å². The van der Waals surface area contributed by atoms with Crippen LogP contribution in [-0.4, -0.2) is 17.0 Å².